The van der Waals surface area contributed by atoms with E-state index in [-0.39, 0.29) is 29.2 Å². The Morgan fingerprint density at radius 2 is 1.91 bits per heavy atom. The minimum absolute atomic E-state index is 0.0858. The fourth-order valence-corrected chi connectivity index (χ4v) is 7.69. The zero-order valence-electron chi connectivity index (χ0n) is 31.3. The van der Waals surface area contributed by atoms with Crippen LogP contribution in [0.2, 0.25) is 0 Å². The predicted molar refractivity (Wildman–Crippen MR) is 203 cm³/mol. The summed E-state index contributed by atoms with van der Waals surface area (Å²) in [5.74, 6) is 0.219. The lowest BCUT2D eigenvalue weighted by Gasteiger charge is -2.46. The number of anilines is 4. The molecule has 1 amide bonds. The van der Waals surface area contributed by atoms with Gasteiger partial charge in [-0.2, -0.15) is 5.10 Å². The Balaban J connectivity index is 1.16. The van der Waals surface area contributed by atoms with Gasteiger partial charge in [-0.3, -0.25) is 24.2 Å². The Labute approximate surface area is 310 Å². The molecule has 0 spiro atoms. The molecular weight excluding hydrogens is 674 g/mol. The van der Waals surface area contributed by atoms with Crippen molar-refractivity contribution >= 4 is 34.9 Å². The quantitative estimate of drug-likeness (QED) is 0.338. The molecule has 7 heterocycles. The lowest BCUT2D eigenvalue weighted by molar-refractivity contribution is -0.142. The fraction of sp³-hybridized carbons (Fsp3) is 0.487. The zero-order valence-corrected chi connectivity index (χ0v) is 31.3. The maximum absolute atomic E-state index is 14.2. The number of hydrogen-bond acceptors (Lipinski definition) is 12. The topological polar surface area (TPSA) is 138 Å². The van der Waals surface area contributed by atoms with E-state index in [4.69, 9.17) is 9.47 Å². The summed E-state index contributed by atoms with van der Waals surface area (Å²) in [7, 11) is 1.58. The minimum atomic E-state index is -0.474. The van der Waals surface area contributed by atoms with Gasteiger partial charge in [0.1, 0.15) is 29.6 Å². The Kier molecular flexibility index (Phi) is 10.1. The molecule has 1 N–H and O–H groups in total. The first-order chi connectivity index (χ1) is 25.4. The molecule has 0 saturated carbocycles. The highest BCUT2D eigenvalue weighted by Gasteiger charge is 2.36. The molecule has 53 heavy (non-hydrogen) atoms. The summed E-state index contributed by atoms with van der Waals surface area (Å²) in [5, 5.41) is 7.78. The van der Waals surface area contributed by atoms with E-state index in [0.717, 1.165) is 63.5 Å². The largest absolute Gasteiger partial charge is 0.461 e. The van der Waals surface area contributed by atoms with E-state index in [1.54, 1.807) is 30.3 Å². The maximum atomic E-state index is 14.2. The number of amides is 1. The van der Waals surface area contributed by atoms with Gasteiger partial charge in [0, 0.05) is 76.6 Å². The van der Waals surface area contributed by atoms with Crippen molar-refractivity contribution in [2.24, 2.45) is 12.5 Å². The second-order valence-corrected chi connectivity index (χ2v) is 15.3. The number of aromatic nitrogens is 4. The number of pyridine rings is 2. The Morgan fingerprint density at radius 1 is 1.09 bits per heavy atom. The van der Waals surface area contributed by atoms with Gasteiger partial charge in [-0.15, -0.1) is 0 Å². The molecule has 280 valence electrons. The Morgan fingerprint density at radius 3 is 2.60 bits per heavy atom. The normalized spacial score (nSPS) is 21.9. The number of esters is 1. The molecular formula is C39H49N9O5. The summed E-state index contributed by atoms with van der Waals surface area (Å²) in [6, 6.07) is 8.14. The number of carbonyl (C=O) groups is 2. The number of nitrogens with zero attached hydrogens (tertiary/aromatic N) is 8. The van der Waals surface area contributed by atoms with Crippen LogP contribution in [-0.4, -0.2) is 106 Å². The molecule has 3 saturated heterocycles. The Hall–Kier alpha value is -5.08. The van der Waals surface area contributed by atoms with Gasteiger partial charge in [-0.25, -0.2) is 14.6 Å². The van der Waals surface area contributed by atoms with Gasteiger partial charge < -0.3 is 24.6 Å². The molecule has 7 rings (SSSR count). The van der Waals surface area contributed by atoms with Crippen LogP contribution in [0.15, 0.2) is 65.4 Å². The second kappa shape index (κ2) is 14.7. The highest BCUT2D eigenvalue weighted by Crippen LogP contribution is 2.36. The number of fused-ring (bicyclic) bond motifs is 1. The van der Waals surface area contributed by atoms with Crippen LogP contribution < -0.4 is 20.7 Å². The molecule has 3 aromatic heterocycles. The SMILES string of the molecule is C=C1/C=C2/C(=O)N(c3nccc(-c4cc(Nc5ccc(N6CCN(C7COC7)C[C@@H]6C)cn5)c(=O)n(C)n4)c3COC(C)=O)CCN2CCC(C)(C)C1. The molecule has 0 radical (unpaired) electrons. The van der Waals surface area contributed by atoms with Crippen molar-refractivity contribution in [3.8, 4) is 11.3 Å². The number of nitrogens with one attached hydrogen (secondary N) is 1. The van der Waals surface area contributed by atoms with E-state index in [0.29, 0.717) is 59.3 Å². The smallest absolute Gasteiger partial charge is 0.302 e. The molecule has 3 fully saturated rings. The minimum Gasteiger partial charge on any atom is -0.461 e. The number of allylic oxidation sites excluding steroid dienone is 2. The molecule has 0 aliphatic carbocycles. The van der Waals surface area contributed by atoms with Gasteiger partial charge in [0.25, 0.3) is 11.5 Å². The molecule has 0 bridgehead atoms. The first-order valence-electron chi connectivity index (χ1n) is 18.3. The van der Waals surface area contributed by atoms with Gasteiger partial charge >= 0.3 is 5.97 Å². The molecule has 4 aliphatic rings. The van der Waals surface area contributed by atoms with E-state index >= 15 is 0 Å². The summed E-state index contributed by atoms with van der Waals surface area (Å²) in [4.78, 5) is 57.6. The van der Waals surface area contributed by atoms with Crippen molar-refractivity contribution in [2.75, 3.05) is 67.6 Å². The second-order valence-electron chi connectivity index (χ2n) is 15.3. The van der Waals surface area contributed by atoms with E-state index in [1.807, 2.05) is 24.4 Å². The van der Waals surface area contributed by atoms with E-state index in [2.05, 4.69) is 62.4 Å². The van der Waals surface area contributed by atoms with Crippen molar-refractivity contribution in [1.29, 1.82) is 0 Å². The molecule has 3 aromatic rings. The summed E-state index contributed by atoms with van der Waals surface area (Å²) >= 11 is 0. The number of carbonyl (C=O) groups excluding carboxylic acids is 2. The third kappa shape index (κ3) is 7.70. The molecule has 4 aliphatic heterocycles. The van der Waals surface area contributed by atoms with Gasteiger partial charge in [-0.05, 0) is 55.5 Å². The van der Waals surface area contributed by atoms with Crippen molar-refractivity contribution in [1.82, 2.24) is 29.5 Å². The number of rotatable bonds is 8. The van der Waals surface area contributed by atoms with Gasteiger partial charge in [0.05, 0.1) is 36.8 Å². The van der Waals surface area contributed by atoms with Crippen LogP contribution in [0.25, 0.3) is 11.3 Å². The van der Waals surface area contributed by atoms with Crippen molar-refractivity contribution in [3.05, 3.63) is 76.5 Å². The third-order valence-corrected chi connectivity index (χ3v) is 10.7. The molecule has 0 unspecified atom stereocenters. The standard InChI is InChI=1S/C39H49N9O5/c1-25-17-34-38(51)48(16-13-45(34)12-10-39(4,5)19-25)36-31(24-53-27(3)49)30(9-11-40-36)32-18-33(37(50)44(6)43-32)42-35-8-7-28(20-41-35)47-15-14-46(21-26(47)2)29-22-52-23-29/h7-9,11,17-18,20,26,29H,1,10,12-16,19,21-24H2,2-6H3,(H,41,42)/b34-17-/t26-/m0/s1. The summed E-state index contributed by atoms with van der Waals surface area (Å²) < 4.78 is 12.2. The monoisotopic (exact) mass is 723 g/mol. The molecule has 14 heteroatoms. The number of piperazine rings is 2. The summed E-state index contributed by atoms with van der Waals surface area (Å²) in [5.41, 5.74) is 4.04. The zero-order chi connectivity index (χ0) is 37.4. The van der Waals surface area contributed by atoms with Crippen LogP contribution in [0.3, 0.4) is 0 Å². The number of hydrogen-bond donors (Lipinski definition) is 1. The van der Waals surface area contributed by atoms with E-state index in [1.165, 1.54) is 11.6 Å². The van der Waals surface area contributed by atoms with Crippen molar-refractivity contribution in [2.45, 2.75) is 59.2 Å². The fourth-order valence-electron chi connectivity index (χ4n) is 7.69. The van der Waals surface area contributed by atoms with Crippen LogP contribution in [-0.2, 0) is 32.7 Å². The van der Waals surface area contributed by atoms with Gasteiger partial charge in [0.15, 0.2) is 0 Å². The average molecular weight is 724 g/mol. The van der Waals surface area contributed by atoms with Gasteiger partial charge in [0.2, 0.25) is 0 Å². The van der Waals surface area contributed by atoms with E-state index < -0.39 is 5.97 Å². The predicted octanol–water partition coefficient (Wildman–Crippen LogP) is 3.86. The maximum Gasteiger partial charge on any atom is 0.302 e. The summed E-state index contributed by atoms with van der Waals surface area (Å²) in [6.45, 7) is 18.4. The van der Waals surface area contributed by atoms with Crippen LogP contribution >= 0.6 is 0 Å². The van der Waals surface area contributed by atoms with Crippen LogP contribution in [0.1, 0.15) is 46.1 Å². The van der Waals surface area contributed by atoms with Crippen molar-refractivity contribution < 1.29 is 19.1 Å². The summed E-state index contributed by atoms with van der Waals surface area (Å²) in [6.07, 6.45) is 7.06. The van der Waals surface area contributed by atoms with Crippen molar-refractivity contribution in [3.63, 3.8) is 0 Å². The average Bonchev–Trinajstić information content (AvgIpc) is 3.08. The Bertz CT molecular complexity index is 1990. The van der Waals surface area contributed by atoms with Crippen LogP contribution in [0.5, 0.6) is 0 Å². The highest BCUT2D eigenvalue weighted by atomic mass is 16.5. The van der Waals surface area contributed by atoms with E-state index in [9.17, 15) is 14.4 Å². The molecule has 1 atom stereocenters. The first-order valence-corrected chi connectivity index (χ1v) is 18.3. The molecule has 0 aromatic carbocycles. The molecule has 14 nitrogen and oxygen atoms in total. The third-order valence-electron chi connectivity index (χ3n) is 10.7. The van der Waals surface area contributed by atoms with Gasteiger partial charge in [-0.1, -0.05) is 26.0 Å². The number of aryl methyl sites for hydroxylation is 1. The van der Waals surface area contributed by atoms with Crippen LogP contribution in [0.4, 0.5) is 23.0 Å². The lowest BCUT2D eigenvalue weighted by atomic mass is 9.81. The first kappa shape index (κ1) is 36.3. The lowest BCUT2D eigenvalue weighted by Crippen LogP contribution is -2.59. The number of ether oxygens (including phenoxy) is 2. The highest BCUT2D eigenvalue weighted by molar-refractivity contribution is 6.06. The van der Waals surface area contributed by atoms with Crippen LogP contribution in [0, 0.1) is 5.41 Å².